The van der Waals surface area contributed by atoms with E-state index < -0.39 is 0 Å². The van der Waals surface area contributed by atoms with E-state index in [0.717, 1.165) is 19.5 Å². The first-order valence-electron chi connectivity index (χ1n) is 9.84. The minimum Gasteiger partial charge on any atom is -0.354 e. The van der Waals surface area contributed by atoms with E-state index in [0.29, 0.717) is 29.7 Å². The van der Waals surface area contributed by atoms with Crippen LogP contribution in [0.1, 0.15) is 49.5 Å². The Morgan fingerprint density at radius 3 is 2.63 bits per heavy atom. The van der Waals surface area contributed by atoms with Crippen molar-refractivity contribution in [1.29, 1.82) is 0 Å². The predicted molar refractivity (Wildman–Crippen MR) is 111 cm³/mol. The molecule has 2 aliphatic rings. The lowest BCUT2D eigenvalue weighted by molar-refractivity contribution is -0.124. The van der Waals surface area contributed by atoms with E-state index in [1.807, 2.05) is 24.3 Å². The second-order valence-corrected chi connectivity index (χ2v) is 9.56. The molecule has 2 atom stereocenters. The van der Waals surface area contributed by atoms with Crippen molar-refractivity contribution >= 4 is 23.6 Å². The van der Waals surface area contributed by atoms with Crippen LogP contribution >= 0.6 is 11.8 Å². The molecule has 5 nitrogen and oxygen atoms in total. The number of carbonyl (C=O) groups excluding carboxylic acids is 2. The van der Waals surface area contributed by atoms with Crippen molar-refractivity contribution in [1.82, 2.24) is 15.5 Å². The maximum absolute atomic E-state index is 12.9. The van der Waals surface area contributed by atoms with Crippen LogP contribution in [0.3, 0.4) is 0 Å². The molecule has 2 N–H and O–H groups in total. The van der Waals surface area contributed by atoms with E-state index in [-0.39, 0.29) is 23.3 Å². The summed E-state index contributed by atoms with van der Waals surface area (Å²) in [6.07, 6.45) is 2.19. The molecule has 27 heavy (non-hydrogen) atoms. The van der Waals surface area contributed by atoms with Gasteiger partial charge in [-0.05, 0) is 55.0 Å². The molecule has 2 saturated heterocycles. The third-order valence-electron chi connectivity index (χ3n) is 5.46. The fourth-order valence-electron chi connectivity index (χ4n) is 3.62. The van der Waals surface area contributed by atoms with Gasteiger partial charge in [0.05, 0.1) is 5.88 Å². The van der Waals surface area contributed by atoms with Gasteiger partial charge in [0, 0.05) is 17.9 Å². The molecule has 2 aliphatic heterocycles. The molecule has 2 fully saturated rings. The maximum Gasteiger partial charge on any atom is 0.255 e. The second-order valence-electron chi connectivity index (χ2n) is 8.56. The molecular formula is C21H31N3O2S. The maximum atomic E-state index is 12.9. The van der Waals surface area contributed by atoms with E-state index in [1.54, 1.807) is 16.7 Å². The van der Waals surface area contributed by atoms with Gasteiger partial charge in [-0.1, -0.05) is 32.9 Å². The average Bonchev–Trinajstić information content (AvgIpc) is 3.32. The van der Waals surface area contributed by atoms with Crippen molar-refractivity contribution in [2.24, 2.45) is 5.92 Å². The molecule has 6 heteroatoms. The fraction of sp³-hybridized carbons (Fsp3) is 0.619. The zero-order valence-electron chi connectivity index (χ0n) is 16.6. The lowest BCUT2D eigenvalue weighted by Crippen LogP contribution is -2.47. The Bertz CT molecular complexity index is 663. The number of amides is 2. The predicted octanol–water partition coefficient (Wildman–Crippen LogP) is 2.62. The van der Waals surface area contributed by atoms with Crippen LogP contribution in [0.4, 0.5) is 0 Å². The summed E-state index contributed by atoms with van der Waals surface area (Å²) in [4.78, 5) is 27.3. The van der Waals surface area contributed by atoms with Crippen LogP contribution in [0.25, 0.3) is 0 Å². The van der Waals surface area contributed by atoms with Gasteiger partial charge in [0.15, 0.2) is 0 Å². The minimum absolute atomic E-state index is 0.0226. The van der Waals surface area contributed by atoms with Crippen molar-refractivity contribution in [2.45, 2.75) is 45.1 Å². The van der Waals surface area contributed by atoms with Crippen LogP contribution in [-0.2, 0) is 10.2 Å². The SMILES string of the molecule is CC(C)(C)c1ccc(C(=O)N2CSCC2C(=O)NCCC2CCNC2)cc1. The highest BCUT2D eigenvalue weighted by Gasteiger charge is 2.35. The normalized spacial score (nSPS) is 22.9. The highest BCUT2D eigenvalue weighted by atomic mass is 32.2. The molecule has 0 radical (unpaired) electrons. The van der Waals surface area contributed by atoms with Gasteiger partial charge in [0.2, 0.25) is 5.91 Å². The standard InChI is InChI=1S/C21H31N3O2S/c1-21(2,3)17-6-4-16(5-7-17)20(26)24-14-27-13-18(24)19(25)23-11-9-15-8-10-22-12-15/h4-7,15,18,22H,8-14H2,1-3H3,(H,23,25). The summed E-state index contributed by atoms with van der Waals surface area (Å²) in [6.45, 7) is 9.28. The molecule has 0 aliphatic carbocycles. The monoisotopic (exact) mass is 389 g/mol. The van der Waals surface area contributed by atoms with E-state index in [4.69, 9.17) is 0 Å². The van der Waals surface area contributed by atoms with Crippen molar-refractivity contribution in [3.63, 3.8) is 0 Å². The summed E-state index contributed by atoms with van der Waals surface area (Å²) >= 11 is 1.64. The zero-order chi connectivity index (χ0) is 19.4. The number of rotatable bonds is 5. The van der Waals surface area contributed by atoms with Gasteiger partial charge in [-0.25, -0.2) is 0 Å². The topological polar surface area (TPSA) is 61.4 Å². The van der Waals surface area contributed by atoms with Crippen molar-refractivity contribution < 1.29 is 9.59 Å². The van der Waals surface area contributed by atoms with Crippen LogP contribution in [0.2, 0.25) is 0 Å². The lowest BCUT2D eigenvalue weighted by Gasteiger charge is -2.24. The van der Waals surface area contributed by atoms with E-state index >= 15 is 0 Å². The molecule has 148 valence electrons. The lowest BCUT2D eigenvalue weighted by atomic mass is 9.86. The number of benzene rings is 1. The second kappa shape index (κ2) is 8.65. The summed E-state index contributed by atoms with van der Waals surface area (Å²) in [5.41, 5.74) is 1.91. The van der Waals surface area contributed by atoms with Gasteiger partial charge in [-0.15, -0.1) is 11.8 Å². The average molecular weight is 390 g/mol. The first-order valence-corrected chi connectivity index (χ1v) is 11.0. The van der Waals surface area contributed by atoms with Crippen molar-refractivity contribution in [2.75, 3.05) is 31.3 Å². The Balaban J connectivity index is 1.57. The molecule has 0 spiro atoms. The summed E-state index contributed by atoms with van der Waals surface area (Å²) in [7, 11) is 0. The van der Waals surface area contributed by atoms with E-state index in [2.05, 4.69) is 31.4 Å². The fourth-order valence-corrected chi connectivity index (χ4v) is 4.77. The van der Waals surface area contributed by atoms with E-state index in [9.17, 15) is 9.59 Å². The summed E-state index contributed by atoms with van der Waals surface area (Å²) in [5.74, 6) is 1.82. The Morgan fingerprint density at radius 2 is 2.00 bits per heavy atom. The Labute approximate surface area is 166 Å². The zero-order valence-corrected chi connectivity index (χ0v) is 17.4. The molecule has 1 aromatic rings. The summed E-state index contributed by atoms with van der Waals surface area (Å²) in [6, 6.07) is 7.43. The van der Waals surface area contributed by atoms with Crippen LogP contribution < -0.4 is 10.6 Å². The molecule has 2 heterocycles. The van der Waals surface area contributed by atoms with Crippen LogP contribution in [0.15, 0.2) is 24.3 Å². The first kappa shape index (κ1) is 20.2. The molecule has 2 unspecified atom stereocenters. The Kier molecular flexibility index (Phi) is 6.48. The van der Waals surface area contributed by atoms with Gasteiger partial charge in [0.25, 0.3) is 5.91 Å². The molecule has 2 amide bonds. The molecule has 0 aromatic heterocycles. The number of carbonyl (C=O) groups is 2. The third kappa shape index (κ3) is 5.05. The Hall–Kier alpha value is -1.53. The Morgan fingerprint density at radius 1 is 1.26 bits per heavy atom. The van der Waals surface area contributed by atoms with Crippen molar-refractivity contribution in [3.05, 3.63) is 35.4 Å². The highest BCUT2D eigenvalue weighted by Crippen LogP contribution is 2.26. The van der Waals surface area contributed by atoms with Gasteiger partial charge >= 0.3 is 0 Å². The number of hydrogen-bond donors (Lipinski definition) is 2. The highest BCUT2D eigenvalue weighted by molar-refractivity contribution is 7.99. The largest absolute Gasteiger partial charge is 0.354 e. The summed E-state index contributed by atoms with van der Waals surface area (Å²) in [5, 5.41) is 6.39. The van der Waals surface area contributed by atoms with Crippen LogP contribution in [0, 0.1) is 5.92 Å². The first-order chi connectivity index (χ1) is 12.9. The van der Waals surface area contributed by atoms with Crippen molar-refractivity contribution in [3.8, 4) is 0 Å². The van der Waals surface area contributed by atoms with Gasteiger partial charge in [0.1, 0.15) is 6.04 Å². The molecule has 3 rings (SSSR count). The minimum atomic E-state index is -0.369. The quantitative estimate of drug-likeness (QED) is 0.813. The van der Waals surface area contributed by atoms with E-state index in [1.165, 1.54) is 12.0 Å². The molecule has 0 bridgehead atoms. The third-order valence-corrected chi connectivity index (χ3v) is 6.47. The van der Waals surface area contributed by atoms with Crippen LogP contribution in [0.5, 0.6) is 0 Å². The molecule has 0 saturated carbocycles. The van der Waals surface area contributed by atoms with Gasteiger partial charge in [-0.2, -0.15) is 0 Å². The summed E-state index contributed by atoms with van der Waals surface area (Å²) < 4.78 is 0. The molecular weight excluding hydrogens is 358 g/mol. The van der Waals surface area contributed by atoms with Crippen LogP contribution in [-0.4, -0.2) is 54.0 Å². The molecule has 1 aromatic carbocycles. The number of hydrogen-bond acceptors (Lipinski definition) is 4. The number of nitrogens with zero attached hydrogens (tertiary/aromatic N) is 1. The smallest absolute Gasteiger partial charge is 0.255 e. The number of nitrogens with one attached hydrogen (secondary N) is 2. The van der Waals surface area contributed by atoms with Gasteiger partial charge in [-0.3, -0.25) is 9.59 Å². The van der Waals surface area contributed by atoms with Gasteiger partial charge < -0.3 is 15.5 Å². The number of thioether (sulfide) groups is 1.